The van der Waals surface area contributed by atoms with Gasteiger partial charge >= 0.3 is 0 Å². The predicted octanol–water partition coefficient (Wildman–Crippen LogP) is 3.59. The van der Waals surface area contributed by atoms with E-state index in [4.69, 9.17) is 11.6 Å². The van der Waals surface area contributed by atoms with E-state index in [-0.39, 0.29) is 17.9 Å². The molecule has 0 unspecified atom stereocenters. The van der Waals surface area contributed by atoms with Crippen LogP contribution in [-0.4, -0.2) is 38.4 Å². The summed E-state index contributed by atoms with van der Waals surface area (Å²) in [5, 5.41) is 15.5. The van der Waals surface area contributed by atoms with E-state index in [9.17, 15) is 9.59 Å². The molecule has 2 aromatic rings. The van der Waals surface area contributed by atoms with Crippen molar-refractivity contribution in [2.75, 3.05) is 5.75 Å². The minimum atomic E-state index is -0.354. The maximum atomic E-state index is 12.5. The lowest BCUT2D eigenvalue weighted by Crippen LogP contribution is -2.33. The third kappa shape index (κ3) is 5.51. The molecule has 1 aliphatic carbocycles. The number of nitrogens with zero attached hydrogens (tertiary/aromatic N) is 3. The summed E-state index contributed by atoms with van der Waals surface area (Å²) < 4.78 is 1.92. The van der Waals surface area contributed by atoms with E-state index in [2.05, 4.69) is 20.8 Å². The Kier molecular flexibility index (Phi) is 7.55. The summed E-state index contributed by atoms with van der Waals surface area (Å²) in [6.07, 6.45) is 4.50. The van der Waals surface area contributed by atoms with Crippen LogP contribution in [0.3, 0.4) is 0 Å². The molecule has 1 saturated carbocycles. The fourth-order valence-corrected chi connectivity index (χ4v) is 4.52. The Morgan fingerprint density at radius 3 is 2.69 bits per heavy atom. The summed E-state index contributed by atoms with van der Waals surface area (Å²) in [7, 11) is 0. The Bertz CT molecular complexity index is 866. The molecule has 3 rings (SSSR count). The first-order valence-electron chi connectivity index (χ1n) is 9.90. The maximum Gasteiger partial charge on any atom is 0.253 e. The molecule has 1 fully saturated rings. The van der Waals surface area contributed by atoms with Crippen molar-refractivity contribution in [1.82, 2.24) is 25.4 Å². The van der Waals surface area contributed by atoms with Gasteiger partial charge in [0.1, 0.15) is 0 Å². The van der Waals surface area contributed by atoms with Crippen LogP contribution in [0, 0.1) is 0 Å². The second-order valence-corrected chi connectivity index (χ2v) is 8.45. The molecular formula is C20H26ClN5O2S. The van der Waals surface area contributed by atoms with Crippen LogP contribution in [0.25, 0.3) is 0 Å². The van der Waals surface area contributed by atoms with Gasteiger partial charge in [-0.25, -0.2) is 0 Å². The summed E-state index contributed by atoms with van der Waals surface area (Å²) in [4.78, 5) is 24.7. The highest BCUT2D eigenvalue weighted by Crippen LogP contribution is 2.22. The van der Waals surface area contributed by atoms with Gasteiger partial charge in [-0.3, -0.25) is 9.59 Å². The molecule has 29 heavy (non-hydrogen) atoms. The number of aromatic nitrogens is 3. The molecule has 0 radical (unpaired) electrons. The van der Waals surface area contributed by atoms with Crippen molar-refractivity contribution >= 4 is 35.2 Å². The fourth-order valence-electron chi connectivity index (χ4n) is 3.48. The van der Waals surface area contributed by atoms with Crippen LogP contribution in [0.4, 0.5) is 0 Å². The molecule has 0 aliphatic heterocycles. The van der Waals surface area contributed by atoms with Gasteiger partial charge in [-0.2, -0.15) is 0 Å². The number of hydrogen-bond acceptors (Lipinski definition) is 5. The smallest absolute Gasteiger partial charge is 0.253 e. The number of benzene rings is 1. The number of halogens is 1. The van der Waals surface area contributed by atoms with E-state index in [0.717, 1.165) is 12.8 Å². The van der Waals surface area contributed by atoms with Crippen molar-refractivity contribution in [3.8, 4) is 0 Å². The largest absolute Gasteiger partial charge is 0.353 e. The third-order valence-electron chi connectivity index (χ3n) is 4.97. The van der Waals surface area contributed by atoms with Crippen LogP contribution in [-0.2, 0) is 11.3 Å². The number of hydrogen-bond donors (Lipinski definition) is 2. The summed E-state index contributed by atoms with van der Waals surface area (Å²) >= 11 is 7.47. The highest BCUT2D eigenvalue weighted by atomic mass is 35.5. The number of rotatable bonds is 8. The molecule has 1 aromatic heterocycles. The Morgan fingerprint density at radius 1 is 1.28 bits per heavy atom. The first kappa shape index (κ1) is 21.6. The zero-order valence-corrected chi connectivity index (χ0v) is 18.2. The molecule has 1 atom stereocenters. The van der Waals surface area contributed by atoms with Gasteiger partial charge in [0.2, 0.25) is 5.91 Å². The summed E-state index contributed by atoms with van der Waals surface area (Å²) in [6, 6.07) is 6.87. The number of carbonyl (C=O) groups excluding carboxylic acids is 2. The summed E-state index contributed by atoms with van der Waals surface area (Å²) in [5.74, 6) is 0.703. The molecular weight excluding hydrogens is 410 g/mol. The summed E-state index contributed by atoms with van der Waals surface area (Å²) in [6.45, 7) is 4.48. The maximum absolute atomic E-state index is 12.5. The highest BCUT2D eigenvalue weighted by Gasteiger charge is 2.22. The molecule has 9 heteroatoms. The molecule has 1 aliphatic rings. The van der Waals surface area contributed by atoms with Gasteiger partial charge in [0.15, 0.2) is 11.0 Å². The fraction of sp³-hybridized carbons (Fsp3) is 0.500. The highest BCUT2D eigenvalue weighted by molar-refractivity contribution is 7.99. The monoisotopic (exact) mass is 435 g/mol. The number of amides is 2. The van der Waals surface area contributed by atoms with Crippen LogP contribution in [0.2, 0.25) is 5.02 Å². The van der Waals surface area contributed by atoms with E-state index < -0.39 is 0 Å². The second kappa shape index (κ2) is 10.1. The molecule has 2 amide bonds. The number of thioether (sulfide) groups is 1. The zero-order valence-electron chi connectivity index (χ0n) is 16.7. The Labute approximate surface area is 180 Å². The minimum Gasteiger partial charge on any atom is -0.353 e. The van der Waals surface area contributed by atoms with Crippen molar-refractivity contribution < 1.29 is 9.59 Å². The Hall–Kier alpha value is -2.06. The molecule has 0 spiro atoms. The van der Waals surface area contributed by atoms with Crippen molar-refractivity contribution in [3.05, 3.63) is 40.7 Å². The molecule has 1 aromatic carbocycles. The lowest BCUT2D eigenvalue weighted by Gasteiger charge is -2.16. The minimum absolute atomic E-state index is 0.0224. The Morgan fingerprint density at radius 2 is 2.00 bits per heavy atom. The van der Waals surface area contributed by atoms with Crippen LogP contribution >= 0.6 is 23.4 Å². The number of carbonyl (C=O) groups is 2. The van der Waals surface area contributed by atoms with Crippen molar-refractivity contribution in [1.29, 1.82) is 0 Å². The van der Waals surface area contributed by atoms with Crippen molar-refractivity contribution in [2.24, 2.45) is 0 Å². The van der Waals surface area contributed by atoms with Crippen LogP contribution in [0.15, 0.2) is 29.4 Å². The van der Waals surface area contributed by atoms with Gasteiger partial charge in [-0.1, -0.05) is 48.3 Å². The molecule has 2 N–H and O–H groups in total. The molecule has 7 nitrogen and oxygen atoms in total. The topological polar surface area (TPSA) is 88.9 Å². The van der Waals surface area contributed by atoms with Crippen molar-refractivity contribution in [3.63, 3.8) is 0 Å². The molecule has 156 valence electrons. The van der Waals surface area contributed by atoms with Crippen LogP contribution < -0.4 is 10.6 Å². The van der Waals surface area contributed by atoms with Gasteiger partial charge in [-0.15, -0.1) is 10.2 Å². The molecule has 1 heterocycles. The zero-order chi connectivity index (χ0) is 20.8. The lowest BCUT2D eigenvalue weighted by atomic mass is 10.2. The van der Waals surface area contributed by atoms with E-state index >= 15 is 0 Å². The second-order valence-electron chi connectivity index (χ2n) is 7.10. The van der Waals surface area contributed by atoms with Gasteiger partial charge in [-0.05, 0) is 38.8 Å². The molecule has 0 bridgehead atoms. The van der Waals surface area contributed by atoms with E-state index in [1.54, 1.807) is 24.3 Å². The summed E-state index contributed by atoms with van der Waals surface area (Å²) in [5.41, 5.74) is 0.418. The van der Waals surface area contributed by atoms with Crippen LogP contribution in [0.1, 0.15) is 61.8 Å². The molecule has 0 saturated heterocycles. The van der Waals surface area contributed by atoms with Gasteiger partial charge in [0.25, 0.3) is 5.91 Å². The average Bonchev–Trinajstić information content (AvgIpc) is 3.35. The normalized spacial score (nSPS) is 15.3. The van der Waals surface area contributed by atoms with Gasteiger partial charge < -0.3 is 15.2 Å². The third-order valence-corrected chi connectivity index (χ3v) is 6.26. The standard InChI is InChI=1S/C20H26ClN5O2S/c1-3-26-18(13(2)22-19(28)15-10-6-7-11-16(15)21)24-25-20(26)29-12-17(27)23-14-8-4-5-9-14/h6-7,10-11,13-14H,3-5,8-9,12H2,1-2H3,(H,22,28)(H,23,27)/t13-/m0/s1. The lowest BCUT2D eigenvalue weighted by molar-refractivity contribution is -0.119. The van der Waals surface area contributed by atoms with E-state index in [1.807, 2.05) is 18.4 Å². The first-order chi connectivity index (χ1) is 14.0. The predicted molar refractivity (Wildman–Crippen MR) is 114 cm³/mol. The van der Waals surface area contributed by atoms with Crippen LogP contribution in [0.5, 0.6) is 0 Å². The van der Waals surface area contributed by atoms with Crippen molar-refractivity contribution in [2.45, 2.75) is 63.3 Å². The first-order valence-corrected chi connectivity index (χ1v) is 11.3. The SMILES string of the molecule is CCn1c(SCC(=O)NC2CCCC2)nnc1[C@H](C)NC(=O)c1ccccc1Cl. The van der Waals surface area contributed by atoms with Gasteiger partial charge in [0.05, 0.1) is 22.4 Å². The average molecular weight is 436 g/mol. The number of nitrogens with one attached hydrogen (secondary N) is 2. The quantitative estimate of drug-likeness (QED) is 0.618. The Balaban J connectivity index is 1.61. The van der Waals surface area contributed by atoms with E-state index in [1.165, 1.54) is 24.6 Å². The van der Waals surface area contributed by atoms with Gasteiger partial charge in [0, 0.05) is 12.6 Å². The van der Waals surface area contributed by atoms with E-state index in [0.29, 0.717) is 39.9 Å².